The summed E-state index contributed by atoms with van der Waals surface area (Å²) in [6, 6.07) is 9.44. The highest BCUT2D eigenvalue weighted by Gasteiger charge is 2.10. The van der Waals surface area contributed by atoms with Crippen LogP contribution in [-0.2, 0) is 13.2 Å². The molecule has 0 unspecified atom stereocenters. The van der Waals surface area contributed by atoms with Gasteiger partial charge in [0.2, 0.25) is 0 Å². The number of benzene rings is 1. The Labute approximate surface area is 140 Å². The lowest BCUT2D eigenvalue weighted by Crippen LogP contribution is -2.34. The molecule has 0 radical (unpaired) electrons. The molecule has 0 saturated carbocycles. The molecule has 114 valence electrons. The molecule has 0 amide bonds. The predicted octanol–water partition coefficient (Wildman–Crippen LogP) is 5.52. The van der Waals surface area contributed by atoms with Gasteiger partial charge in [0.25, 0.3) is 0 Å². The van der Waals surface area contributed by atoms with Crippen molar-refractivity contribution in [2.24, 2.45) is 0 Å². The minimum atomic E-state index is 0.120. The van der Waals surface area contributed by atoms with Gasteiger partial charge in [0.05, 0.1) is 5.02 Å². The van der Waals surface area contributed by atoms with E-state index in [2.05, 4.69) is 38.2 Å². The third kappa shape index (κ3) is 5.51. The minimum Gasteiger partial charge on any atom is -0.486 e. The summed E-state index contributed by atoms with van der Waals surface area (Å²) >= 11 is 13.8. The molecule has 0 aliphatic heterocycles. The molecule has 2 aromatic rings. The number of hydrogen-bond acceptors (Lipinski definition) is 3. The van der Waals surface area contributed by atoms with E-state index < -0.39 is 0 Å². The molecule has 0 aliphatic rings. The van der Waals surface area contributed by atoms with Gasteiger partial charge in [-0.15, -0.1) is 11.3 Å². The summed E-state index contributed by atoms with van der Waals surface area (Å²) < 4.78 is 5.74. The van der Waals surface area contributed by atoms with Crippen LogP contribution >= 0.6 is 34.5 Å². The molecular weight excluding hydrogens is 325 g/mol. The molecular formula is C16H19Cl2NOS. The molecule has 2 rings (SSSR count). The lowest BCUT2D eigenvalue weighted by Gasteiger charge is -2.19. The van der Waals surface area contributed by atoms with Crippen molar-refractivity contribution in [1.29, 1.82) is 0 Å². The Morgan fingerprint density at radius 1 is 1.10 bits per heavy atom. The standard InChI is InChI=1S/C16H19Cl2NOS/c1-16(2,3)19-9-12-5-6-13(21-12)10-20-15-8-11(17)4-7-14(15)18/h4-8,19H,9-10H2,1-3H3. The maximum Gasteiger partial charge on any atom is 0.139 e. The molecule has 5 heteroatoms. The quantitative estimate of drug-likeness (QED) is 0.771. The Morgan fingerprint density at radius 2 is 1.81 bits per heavy atom. The molecule has 1 aromatic carbocycles. The SMILES string of the molecule is CC(C)(C)NCc1ccc(COc2cc(Cl)ccc2Cl)s1. The van der Waals surface area contributed by atoms with E-state index in [9.17, 15) is 0 Å². The third-order valence-corrected chi connectivity index (χ3v) is 4.38. The molecule has 0 fully saturated rings. The van der Waals surface area contributed by atoms with Crippen LogP contribution in [0.5, 0.6) is 5.75 Å². The van der Waals surface area contributed by atoms with Crippen molar-refractivity contribution < 1.29 is 4.74 Å². The van der Waals surface area contributed by atoms with Crippen molar-refractivity contribution in [1.82, 2.24) is 5.32 Å². The minimum absolute atomic E-state index is 0.120. The average molecular weight is 344 g/mol. The van der Waals surface area contributed by atoms with E-state index in [0.717, 1.165) is 11.4 Å². The van der Waals surface area contributed by atoms with E-state index in [0.29, 0.717) is 22.4 Å². The summed E-state index contributed by atoms with van der Waals surface area (Å²) in [6.07, 6.45) is 0. The molecule has 0 bridgehead atoms. The number of nitrogens with one attached hydrogen (secondary N) is 1. The second-order valence-corrected chi connectivity index (χ2v) is 7.93. The van der Waals surface area contributed by atoms with Gasteiger partial charge >= 0.3 is 0 Å². The van der Waals surface area contributed by atoms with Crippen LogP contribution in [0.4, 0.5) is 0 Å². The molecule has 0 aliphatic carbocycles. The van der Waals surface area contributed by atoms with Gasteiger partial charge in [0.1, 0.15) is 12.4 Å². The van der Waals surface area contributed by atoms with E-state index >= 15 is 0 Å². The Kier molecular flexibility index (Phi) is 5.55. The van der Waals surface area contributed by atoms with Gasteiger partial charge in [0.15, 0.2) is 0 Å². The lowest BCUT2D eigenvalue weighted by atomic mass is 10.1. The van der Waals surface area contributed by atoms with Crippen LogP contribution in [-0.4, -0.2) is 5.54 Å². The van der Waals surface area contributed by atoms with Gasteiger partial charge in [0, 0.05) is 32.9 Å². The highest BCUT2D eigenvalue weighted by Crippen LogP contribution is 2.29. The van der Waals surface area contributed by atoms with Crippen molar-refractivity contribution in [2.75, 3.05) is 0 Å². The average Bonchev–Trinajstić information content (AvgIpc) is 2.85. The number of halogens is 2. The van der Waals surface area contributed by atoms with E-state index in [-0.39, 0.29) is 5.54 Å². The number of ether oxygens (including phenoxy) is 1. The maximum atomic E-state index is 6.08. The summed E-state index contributed by atoms with van der Waals surface area (Å²) in [4.78, 5) is 2.46. The van der Waals surface area contributed by atoms with Crippen molar-refractivity contribution in [3.8, 4) is 5.75 Å². The largest absolute Gasteiger partial charge is 0.486 e. The van der Waals surface area contributed by atoms with E-state index in [4.69, 9.17) is 27.9 Å². The molecule has 1 N–H and O–H groups in total. The molecule has 0 atom stereocenters. The van der Waals surface area contributed by atoms with Crippen LogP contribution in [0.15, 0.2) is 30.3 Å². The highest BCUT2D eigenvalue weighted by molar-refractivity contribution is 7.11. The summed E-state index contributed by atoms with van der Waals surface area (Å²) in [5, 5.41) is 4.67. The second-order valence-electron chi connectivity index (χ2n) is 5.83. The van der Waals surface area contributed by atoms with Crippen LogP contribution in [0.3, 0.4) is 0 Å². The van der Waals surface area contributed by atoms with Crippen molar-refractivity contribution in [3.63, 3.8) is 0 Å². The van der Waals surface area contributed by atoms with Crippen molar-refractivity contribution in [2.45, 2.75) is 39.5 Å². The van der Waals surface area contributed by atoms with Gasteiger partial charge in [-0.05, 0) is 45.0 Å². The van der Waals surface area contributed by atoms with Gasteiger partial charge in [-0.25, -0.2) is 0 Å². The fraction of sp³-hybridized carbons (Fsp3) is 0.375. The summed E-state index contributed by atoms with van der Waals surface area (Å²) in [6.45, 7) is 7.84. The third-order valence-electron chi connectivity index (χ3n) is 2.77. The fourth-order valence-electron chi connectivity index (χ4n) is 1.68. The first kappa shape index (κ1) is 16.6. The number of hydrogen-bond donors (Lipinski definition) is 1. The highest BCUT2D eigenvalue weighted by atomic mass is 35.5. The van der Waals surface area contributed by atoms with E-state index in [1.807, 2.05) is 0 Å². The van der Waals surface area contributed by atoms with Crippen molar-refractivity contribution >= 4 is 34.5 Å². The number of thiophene rings is 1. The predicted molar refractivity (Wildman–Crippen MR) is 91.7 cm³/mol. The molecule has 2 nitrogen and oxygen atoms in total. The zero-order chi connectivity index (χ0) is 15.5. The Bertz CT molecular complexity index is 605. The maximum absolute atomic E-state index is 6.08. The van der Waals surface area contributed by atoms with E-state index in [1.165, 1.54) is 4.88 Å². The first-order chi connectivity index (χ1) is 9.83. The van der Waals surface area contributed by atoms with Crippen LogP contribution in [0.1, 0.15) is 30.5 Å². The Morgan fingerprint density at radius 3 is 2.52 bits per heavy atom. The fourth-order valence-corrected chi connectivity index (χ4v) is 2.89. The molecule has 0 spiro atoms. The summed E-state index contributed by atoms with van der Waals surface area (Å²) in [5.74, 6) is 0.618. The lowest BCUT2D eigenvalue weighted by molar-refractivity contribution is 0.310. The summed E-state index contributed by atoms with van der Waals surface area (Å²) in [5.41, 5.74) is 0.120. The zero-order valence-corrected chi connectivity index (χ0v) is 14.7. The van der Waals surface area contributed by atoms with Gasteiger partial charge < -0.3 is 10.1 Å². The van der Waals surface area contributed by atoms with Crippen molar-refractivity contribution in [3.05, 3.63) is 50.1 Å². The first-order valence-corrected chi connectivity index (χ1v) is 8.31. The zero-order valence-electron chi connectivity index (χ0n) is 12.4. The number of rotatable bonds is 5. The van der Waals surface area contributed by atoms with Crippen LogP contribution in [0, 0.1) is 0 Å². The second kappa shape index (κ2) is 7.01. The smallest absolute Gasteiger partial charge is 0.139 e. The van der Waals surface area contributed by atoms with Crippen LogP contribution in [0.25, 0.3) is 0 Å². The Hall–Kier alpha value is -0.740. The van der Waals surface area contributed by atoms with Crippen LogP contribution in [0.2, 0.25) is 10.0 Å². The molecule has 1 heterocycles. The van der Waals surface area contributed by atoms with Gasteiger partial charge in [-0.1, -0.05) is 23.2 Å². The summed E-state index contributed by atoms with van der Waals surface area (Å²) in [7, 11) is 0. The topological polar surface area (TPSA) is 21.3 Å². The molecule has 21 heavy (non-hydrogen) atoms. The molecule has 1 aromatic heterocycles. The molecule has 0 saturated heterocycles. The van der Waals surface area contributed by atoms with Gasteiger partial charge in [-0.3, -0.25) is 0 Å². The monoisotopic (exact) mass is 343 g/mol. The van der Waals surface area contributed by atoms with Crippen LogP contribution < -0.4 is 10.1 Å². The van der Waals surface area contributed by atoms with Gasteiger partial charge in [-0.2, -0.15) is 0 Å². The van der Waals surface area contributed by atoms with E-state index in [1.54, 1.807) is 29.5 Å². The Balaban J connectivity index is 1.92. The first-order valence-electron chi connectivity index (χ1n) is 6.74. The normalized spacial score (nSPS) is 11.7.